The van der Waals surface area contributed by atoms with Crippen molar-refractivity contribution in [3.8, 4) is 0 Å². The molecule has 3 atom stereocenters. The van der Waals surface area contributed by atoms with Crippen LogP contribution in [0.2, 0.25) is 0 Å². The highest BCUT2D eigenvalue weighted by Gasteiger charge is 2.29. The second kappa shape index (κ2) is 6.02. The molecular formula is C14H26N2O2. The summed E-state index contributed by atoms with van der Waals surface area (Å²) in [4.78, 5) is 11.9. The van der Waals surface area contributed by atoms with Crippen LogP contribution in [0.25, 0.3) is 0 Å². The Morgan fingerprint density at radius 2 is 1.89 bits per heavy atom. The van der Waals surface area contributed by atoms with Gasteiger partial charge < -0.3 is 15.4 Å². The minimum absolute atomic E-state index is 0.0958. The lowest BCUT2D eigenvalue weighted by atomic mass is 9.95. The van der Waals surface area contributed by atoms with Gasteiger partial charge in [-0.1, -0.05) is 13.8 Å². The first kappa shape index (κ1) is 13.8. The molecule has 2 N–H and O–H groups in total. The van der Waals surface area contributed by atoms with E-state index >= 15 is 0 Å². The van der Waals surface area contributed by atoms with Gasteiger partial charge in [0.1, 0.15) is 0 Å². The van der Waals surface area contributed by atoms with Crippen LogP contribution in [-0.4, -0.2) is 36.7 Å². The van der Waals surface area contributed by atoms with Crippen LogP contribution in [0.1, 0.15) is 46.5 Å². The molecular weight excluding hydrogens is 228 g/mol. The Kier molecular flexibility index (Phi) is 4.62. The lowest BCUT2D eigenvalue weighted by Crippen LogP contribution is -2.50. The SMILES string of the molecule is CC(NC1CCOC(C(C)C)C1)C(=O)NC1CC1. The number of nitrogens with one attached hydrogen (secondary N) is 2. The topological polar surface area (TPSA) is 50.4 Å². The van der Waals surface area contributed by atoms with Gasteiger partial charge in [-0.3, -0.25) is 4.79 Å². The molecule has 4 heteroatoms. The van der Waals surface area contributed by atoms with Gasteiger partial charge in [0.25, 0.3) is 0 Å². The first-order valence-electron chi connectivity index (χ1n) is 7.24. The molecule has 3 unspecified atom stereocenters. The Bertz CT molecular complexity index is 290. The Hall–Kier alpha value is -0.610. The second-order valence-corrected chi connectivity index (χ2v) is 6.05. The molecule has 0 spiro atoms. The van der Waals surface area contributed by atoms with E-state index in [1.54, 1.807) is 0 Å². The van der Waals surface area contributed by atoms with Gasteiger partial charge in [-0.25, -0.2) is 0 Å². The predicted octanol–water partition coefficient (Wildman–Crippen LogP) is 1.45. The van der Waals surface area contributed by atoms with E-state index < -0.39 is 0 Å². The summed E-state index contributed by atoms with van der Waals surface area (Å²) in [6.07, 6.45) is 4.63. The van der Waals surface area contributed by atoms with Crippen molar-refractivity contribution in [3.63, 3.8) is 0 Å². The second-order valence-electron chi connectivity index (χ2n) is 6.05. The van der Waals surface area contributed by atoms with Gasteiger partial charge in [0, 0.05) is 18.7 Å². The fourth-order valence-corrected chi connectivity index (χ4v) is 2.43. The maximum absolute atomic E-state index is 11.9. The summed E-state index contributed by atoms with van der Waals surface area (Å²) in [6.45, 7) is 7.14. The largest absolute Gasteiger partial charge is 0.378 e. The Morgan fingerprint density at radius 1 is 1.17 bits per heavy atom. The lowest BCUT2D eigenvalue weighted by molar-refractivity contribution is -0.123. The Morgan fingerprint density at radius 3 is 2.50 bits per heavy atom. The van der Waals surface area contributed by atoms with Gasteiger partial charge in [0.15, 0.2) is 0 Å². The molecule has 1 saturated carbocycles. The van der Waals surface area contributed by atoms with E-state index in [9.17, 15) is 4.79 Å². The number of carbonyl (C=O) groups is 1. The third-order valence-corrected chi connectivity index (χ3v) is 3.86. The van der Waals surface area contributed by atoms with Crippen molar-refractivity contribution < 1.29 is 9.53 Å². The quantitative estimate of drug-likeness (QED) is 0.780. The van der Waals surface area contributed by atoms with E-state index in [0.29, 0.717) is 24.1 Å². The van der Waals surface area contributed by atoms with Crippen LogP contribution in [0.4, 0.5) is 0 Å². The Balaban J connectivity index is 1.75. The van der Waals surface area contributed by atoms with E-state index in [1.165, 1.54) is 0 Å². The van der Waals surface area contributed by atoms with Gasteiger partial charge in [-0.05, 0) is 38.5 Å². The van der Waals surface area contributed by atoms with Crippen LogP contribution >= 0.6 is 0 Å². The van der Waals surface area contributed by atoms with Gasteiger partial charge in [-0.2, -0.15) is 0 Å². The highest BCUT2D eigenvalue weighted by atomic mass is 16.5. The third kappa shape index (κ3) is 3.95. The standard InChI is InChI=1S/C14H26N2O2/c1-9(2)13-8-12(6-7-18-13)15-10(3)14(17)16-11-4-5-11/h9-13,15H,4-8H2,1-3H3,(H,16,17). The van der Waals surface area contributed by atoms with E-state index in [1.807, 2.05) is 6.92 Å². The predicted molar refractivity (Wildman–Crippen MR) is 71.4 cm³/mol. The third-order valence-electron chi connectivity index (χ3n) is 3.86. The molecule has 0 aromatic rings. The fraction of sp³-hybridized carbons (Fsp3) is 0.929. The summed E-state index contributed by atoms with van der Waals surface area (Å²) in [5.74, 6) is 0.690. The summed E-state index contributed by atoms with van der Waals surface area (Å²) in [5.41, 5.74) is 0. The fourth-order valence-electron chi connectivity index (χ4n) is 2.43. The maximum atomic E-state index is 11.9. The minimum Gasteiger partial charge on any atom is -0.378 e. The van der Waals surface area contributed by atoms with Crippen molar-refractivity contribution in [3.05, 3.63) is 0 Å². The van der Waals surface area contributed by atoms with Crippen molar-refractivity contribution in [1.29, 1.82) is 0 Å². The number of rotatable bonds is 5. The summed E-state index contributed by atoms with van der Waals surface area (Å²) >= 11 is 0. The summed E-state index contributed by atoms with van der Waals surface area (Å²) < 4.78 is 5.75. The van der Waals surface area contributed by atoms with Gasteiger partial charge in [0.05, 0.1) is 12.1 Å². The van der Waals surface area contributed by atoms with Crippen molar-refractivity contribution in [2.75, 3.05) is 6.61 Å². The molecule has 1 aliphatic carbocycles. The van der Waals surface area contributed by atoms with Crippen LogP contribution in [0.15, 0.2) is 0 Å². The highest BCUT2D eigenvalue weighted by Crippen LogP contribution is 2.21. The zero-order valence-electron chi connectivity index (χ0n) is 11.7. The summed E-state index contributed by atoms with van der Waals surface area (Å²) in [6, 6.07) is 0.757. The maximum Gasteiger partial charge on any atom is 0.237 e. The number of amides is 1. The smallest absolute Gasteiger partial charge is 0.237 e. The van der Waals surface area contributed by atoms with E-state index in [2.05, 4.69) is 24.5 Å². The molecule has 0 aromatic heterocycles. The molecule has 4 nitrogen and oxygen atoms in total. The average molecular weight is 254 g/mol. The van der Waals surface area contributed by atoms with Crippen LogP contribution in [-0.2, 0) is 9.53 Å². The lowest BCUT2D eigenvalue weighted by Gasteiger charge is -2.33. The molecule has 18 heavy (non-hydrogen) atoms. The van der Waals surface area contributed by atoms with E-state index in [0.717, 1.165) is 32.3 Å². The van der Waals surface area contributed by atoms with Crippen molar-refractivity contribution >= 4 is 5.91 Å². The zero-order chi connectivity index (χ0) is 13.1. The molecule has 1 saturated heterocycles. The molecule has 104 valence electrons. The minimum atomic E-state index is -0.0958. The first-order valence-corrected chi connectivity index (χ1v) is 7.24. The molecule has 2 aliphatic rings. The first-order chi connectivity index (χ1) is 8.56. The van der Waals surface area contributed by atoms with Gasteiger partial charge >= 0.3 is 0 Å². The normalized spacial score (nSPS) is 30.2. The summed E-state index contributed by atoms with van der Waals surface area (Å²) in [5, 5.41) is 6.49. The molecule has 2 rings (SSSR count). The van der Waals surface area contributed by atoms with Gasteiger partial charge in [0.2, 0.25) is 5.91 Å². The molecule has 1 aliphatic heterocycles. The monoisotopic (exact) mass is 254 g/mol. The molecule has 1 heterocycles. The number of carbonyl (C=O) groups excluding carboxylic acids is 1. The Labute approximate surface area is 110 Å². The average Bonchev–Trinajstić information content (AvgIpc) is 3.13. The van der Waals surface area contributed by atoms with Crippen molar-refractivity contribution in [1.82, 2.24) is 10.6 Å². The van der Waals surface area contributed by atoms with Crippen molar-refractivity contribution in [2.24, 2.45) is 5.92 Å². The van der Waals surface area contributed by atoms with Gasteiger partial charge in [-0.15, -0.1) is 0 Å². The zero-order valence-corrected chi connectivity index (χ0v) is 11.7. The molecule has 0 aromatic carbocycles. The number of ether oxygens (including phenoxy) is 1. The van der Waals surface area contributed by atoms with Crippen LogP contribution < -0.4 is 10.6 Å². The number of hydrogen-bond donors (Lipinski definition) is 2. The van der Waals surface area contributed by atoms with Crippen LogP contribution in [0.5, 0.6) is 0 Å². The summed E-state index contributed by atoms with van der Waals surface area (Å²) in [7, 11) is 0. The number of hydrogen-bond acceptors (Lipinski definition) is 3. The van der Waals surface area contributed by atoms with E-state index in [4.69, 9.17) is 4.74 Å². The molecule has 2 fully saturated rings. The molecule has 0 radical (unpaired) electrons. The van der Waals surface area contributed by atoms with Crippen LogP contribution in [0, 0.1) is 5.92 Å². The van der Waals surface area contributed by atoms with Crippen molar-refractivity contribution in [2.45, 2.75) is 70.7 Å². The van der Waals surface area contributed by atoms with Crippen LogP contribution in [0.3, 0.4) is 0 Å². The molecule has 1 amide bonds. The molecule has 0 bridgehead atoms. The van der Waals surface area contributed by atoms with E-state index in [-0.39, 0.29) is 11.9 Å². The highest BCUT2D eigenvalue weighted by molar-refractivity contribution is 5.81.